The zero-order chi connectivity index (χ0) is 16.8. The minimum atomic E-state index is -0.389. The number of nitrogens with zero attached hydrogens (tertiary/aromatic N) is 3. The van der Waals surface area contributed by atoms with Crippen LogP contribution in [0, 0.1) is 10.1 Å². The van der Waals surface area contributed by atoms with Gasteiger partial charge in [-0.15, -0.1) is 0 Å². The lowest BCUT2D eigenvalue weighted by Gasteiger charge is -2.40. The zero-order valence-corrected chi connectivity index (χ0v) is 14.2. The van der Waals surface area contributed by atoms with Gasteiger partial charge in [-0.05, 0) is 57.9 Å². The van der Waals surface area contributed by atoms with E-state index in [0.29, 0.717) is 12.4 Å². The second-order valence-corrected chi connectivity index (χ2v) is 6.74. The third-order valence-electron chi connectivity index (χ3n) is 5.19. The van der Waals surface area contributed by atoms with Crippen molar-refractivity contribution in [3.05, 3.63) is 34.4 Å². The Morgan fingerprint density at radius 2 is 1.79 bits per heavy atom. The summed E-state index contributed by atoms with van der Waals surface area (Å²) >= 11 is 0. The number of piperidine rings is 2. The molecule has 0 saturated carbocycles. The van der Waals surface area contributed by atoms with E-state index in [0.717, 1.165) is 25.7 Å². The lowest BCUT2D eigenvalue weighted by atomic mass is 10.00. The molecule has 2 aliphatic rings. The molecule has 6 heteroatoms. The highest BCUT2D eigenvalue weighted by Crippen LogP contribution is 2.26. The summed E-state index contributed by atoms with van der Waals surface area (Å²) in [4.78, 5) is 15.7. The van der Waals surface area contributed by atoms with E-state index in [2.05, 4.69) is 9.80 Å². The van der Waals surface area contributed by atoms with E-state index >= 15 is 0 Å². The smallest absolute Gasteiger partial charge is 0.310 e. The number of nitro benzene ring substituents is 1. The number of rotatable bonds is 6. The Labute approximate surface area is 143 Å². The van der Waals surface area contributed by atoms with Crippen LogP contribution in [-0.4, -0.2) is 60.1 Å². The summed E-state index contributed by atoms with van der Waals surface area (Å²) in [6.45, 7) is 6.07. The van der Waals surface area contributed by atoms with E-state index in [1.807, 2.05) is 0 Å². The van der Waals surface area contributed by atoms with E-state index in [4.69, 9.17) is 4.74 Å². The van der Waals surface area contributed by atoms with Gasteiger partial charge < -0.3 is 9.64 Å². The fourth-order valence-corrected chi connectivity index (χ4v) is 3.81. The number of nitro groups is 1. The highest BCUT2D eigenvalue weighted by molar-refractivity contribution is 5.45. The number of hydrogen-bond donors (Lipinski definition) is 0. The maximum absolute atomic E-state index is 11.0. The molecule has 0 aromatic heterocycles. The standard InChI is InChI=1S/C18H27N3O3/c22-21(23)17-6-2-3-7-18(17)24-15-14-19-12-8-16(9-13-19)20-10-4-1-5-11-20/h2-3,6-7,16H,1,4-5,8-15H2. The minimum absolute atomic E-state index is 0.0429. The maximum Gasteiger partial charge on any atom is 0.310 e. The molecule has 6 nitrogen and oxygen atoms in total. The average Bonchev–Trinajstić information content (AvgIpc) is 2.63. The van der Waals surface area contributed by atoms with Crippen molar-refractivity contribution in [1.82, 2.24) is 9.80 Å². The van der Waals surface area contributed by atoms with Crippen LogP contribution in [0.3, 0.4) is 0 Å². The molecule has 0 radical (unpaired) electrons. The van der Waals surface area contributed by atoms with E-state index in [1.165, 1.54) is 51.3 Å². The van der Waals surface area contributed by atoms with Gasteiger partial charge in [0.25, 0.3) is 0 Å². The fourth-order valence-electron chi connectivity index (χ4n) is 3.81. The van der Waals surface area contributed by atoms with Gasteiger partial charge >= 0.3 is 5.69 Å². The SMILES string of the molecule is O=[N+]([O-])c1ccccc1OCCN1CCC(N2CCCCC2)CC1. The Kier molecular flexibility index (Phi) is 6.04. The molecule has 0 amide bonds. The maximum atomic E-state index is 11.0. The Morgan fingerprint density at radius 3 is 2.50 bits per heavy atom. The molecule has 2 aliphatic heterocycles. The van der Waals surface area contributed by atoms with Gasteiger partial charge in [0.2, 0.25) is 0 Å². The molecular formula is C18H27N3O3. The van der Waals surface area contributed by atoms with Crippen molar-refractivity contribution in [3.8, 4) is 5.75 Å². The first-order valence-corrected chi connectivity index (χ1v) is 9.06. The largest absolute Gasteiger partial charge is 0.485 e. The van der Waals surface area contributed by atoms with Crippen LogP contribution in [-0.2, 0) is 0 Å². The van der Waals surface area contributed by atoms with E-state index < -0.39 is 0 Å². The third kappa shape index (κ3) is 4.45. The van der Waals surface area contributed by atoms with Crippen LogP contribution in [0.25, 0.3) is 0 Å². The molecule has 0 aliphatic carbocycles. The third-order valence-corrected chi connectivity index (χ3v) is 5.19. The van der Waals surface area contributed by atoms with Gasteiger partial charge in [0.05, 0.1) is 4.92 Å². The Hall–Kier alpha value is -1.66. The highest BCUT2D eigenvalue weighted by Gasteiger charge is 2.25. The normalized spacial score (nSPS) is 20.8. The molecule has 1 aromatic rings. The van der Waals surface area contributed by atoms with Crippen molar-refractivity contribution in [3.63, 3.8) is 0 Å². The van der Waals surface area contributed by atoms with E-state index in [1.54, 1.807) is 18.2 Å². The van der Waals surface area contributed by atoms with Crippen molar-refractivity contribution in [2.24, 2.45) is 0 Å². The van der Waals surface area contributed by atoms with Crippen molar-refractivity contribution in [1.29, 1.82) is 0 Å². The molecule has 0 unspecified atom stereocenters. The lowest BCUT2D eigenvalue weighted by molar-refractivity contribution is -0.385. The Balaban J connectivity index is 1.40. The summed E-state index contributed by atoms with van der Waals surface area (Å²) < 4.78 is 5.65. The zero-order valence-electron chi connectivity index (χ0n) is 14.2. The molecular weight excluding hydrogens is 306 g/mol. The van der Waals surface area contributed by atoms with Gasteiger partial charge in [-0.1, -0.05) is 18.6 Å². The highest BCUT2D eigenvalue weighted by atomic mass is 16.6. The molecule has 0 spiro atoms. The first-order valence-electron chi connectivity index (χ1n) is 9.06. The van der Waals surface area contributed by atoms with Gasteiger partial charge in [-0.2, -0.15) is 0 Å². The Bertz CT molecular complexity index is 538. The van der Waals surface area contributed by atoms with E-state index in [-0.39, 0.29) is 10.6 Å². The summed E-state index contributed by atoms with van der Waals surface area (Å²) in [5.41, 5.74) is 0.0429. The van der Waals surface area contributed by atoms with Crippen LogP contribution in [0.15, 0.2) is 24.3 Å². The van der Waals surface area contributed by atoms with Crippen molar-refractivity contribution >= 4 is 5.69 Å². The van der Waals surface area contributed by atoms with Gasteiger partial charge in [0.15, 0.2) is 5.75 Å². The van der Waals surface area contributed by atoms with Crippen molar-refractivity contribution < 1.29 is 9.66 Å². The van der Waals surface area contributed by atoms with Crippen LogP contribution in [0.4, 0.5) is 5.69 Å². The summed E-state index contributed by atoms with van der Waals surface area (Å²) in [6.07, 6.45) is 6.54. The number of benzene rings is 1. The predicted molar refractivity (Wildman–Crippen MR) is 93.5 cm³/mol. The minimum Gasteiger partial charge on any atom is -0.485 e. The first-order chi connectivity index (χ1) is 11.7. The topological polar surface area (TPSA) is 58.9 Å². The molecule has 0 N–H and O–H groups in total. The summed E-state index contributed by atoms with van der Waals surface area (Å²) in [5, 5.41) is 11.0. The van der Waals surface area contributed by atoms with Crippen molar-refractivity contribution in [2.75, 3.05) is 39.3 Å². The van der Waals surface area contributed by atoms with Crippen molar-refractivity contribution in [2.45, 2.75) is 38.1 Å². The molecule has 2 fully saturated rings. The predicted octanol–water partition coefficient (Wildman–Crippen LogP) is 2.92. The monoisotopic (exact) mass is 333 g/mol. The van der Waals surface area contributed by atoms with Crippen LogP contribution >= 0.6 is 0 Å². The molecule has 0 atom stereocenters. The van der Waals surface area contributed by atoms with Gasteiger partial charge in [0, 0.05) is 18.7 Å². The Morgan fingerprint density at radius 1 is 1.08 bits per heavy atom. The van der Waals surface area contributed by atoms with E-state index in [9.17, 15) is 10.1 Å². The first kappa shape index (κ1) is 17.2. The molecule has 1 aromatic carbocycles. The molecule has 2 saturated heterocycles. The van der Waals surface area contributed by atoms with Gasteiger partial charge in [0.1, 0.15) is 6.61 Å². The molecule has 132 valence electrons. The van der Waals surface area contributed by atoms with Crippen LogP contribution in [0.1, 0.15) is 32.1 Å². The summed E-state index contributed by atoms with van der Waals surface area (Å²) in [7, 11) is 0. The molecule has 24 heavy (non-hydrogen) atoms. The molecule has 0 bridgehead atoms. The molecule has 3 rings (SSSR count). The number of hydrogen-bond acceptors (Lipinski definition) is 5. The average molecular weight is 333 g/mol. The van der Waals surface area contributed by atoms with Crippen LogP contribution in [0.5, 0.6) is 5.75 Å². The second-order valence-electron chi connectivity index (χ2n) is 6.74. The molecule has 2 heterocycles. The fraction of sp³-hybridized carbons (Fsp3) is 0.667. The number of ether oxygens (including phenoxy) is 1. The van der Waals surface area contributed by atoms with Gasteiger partial charge in [-0.25, -0.2) is 0 Å². The quantitative estimate of drug-likeness (QED) is 0.592. The second kappa shape index (κ2) is 8.44. The summed E-state index contributed by atoms with van der Waals surface area (Å²) in [6, 6.07) is 7.33. The van der Waals surface area contributed by atoms with Crippen LogP contribution in [0.2, 0.25) is 0 Å². The summed E-state index contributed by atoms with van der Waals surface area (Å²) in [5.74, 6) is 0.366. The number of likely N-dealkylation sites (tertiary alicyclic amines) is 2. The van der Waals surface area contributed by atoms with Crippen LogP contribution < -0.4 is 4.74 Å². The number of para-hydroxylation sites is 2. The lowest BCUT2D eigenvalue weighted by Crippen LogP contribution is -2.47. The van der Waals surface area contributed by atoms with Gasteiger partial charge in [-0.3, -0.25) is 15.0 Å².